The van der Waals surface area contributed by atoms with Gasteiger partial charge >= 0.3 is 6.18 Å². The van der Waals surface area contributed by atoms with Crippen molar-refractivity contribution in [3.8, 4) is 0 Å². The van der Waals surface area contributed by atoms with Gasteiger partial charge in [0.05, 0.1) is 24.7 Å². The van der Waals surface area contributed by atoms with Gasteiger partial charge in [-0.3, -0.25) is 4.79 Å². The van der Waals surface area contributed by atoms with Crippen molar-refractivity contribution in [3.05, 3.63) is 35.1 Å². The number of morpholine rings is 1. The van der Waals surface area contributed by atoms with Gasteiger partial charge in [0, 0.05) is 19.6 Å². The molecule has 1 saturated heterocycles. The Balaban J connectivity index is 1.90. The number of carbonyl (C=O) groups excluding carboxylic acids is 1. The topological polar surface area (TPSA) is 50.4 Å². The van der Waals surface area contributed by atoms with Crippen LogP contribution in [0.15, 0.2) is 18.2 Å². The van der Waals surface area contributed by atoms with Gasteiger partial charge in [-0.05, 0) is 23.8 Å². The summed E-state index contributed by atoms with van der Waals surface area (Å²) in [6, 6.07) is 2.21. The second kappa shape index (κ2) is 7.06. The third-order valence-corrected chi connectivity index (χ3v) is 3.19. The number of ether oxygens (including phenoxy) is 1. The fraction of sp³-hybridized carbons (Fsp3) is 0.500. The lowest BCUT2D eigenvalue weighted by atomic mass is 10.1. The second-order valence-corrected chi connectivity index (χ2v) is 5.02. The lowest BCUT2D eigenvalue weighted by Crippen LogP contribution is -2.41. The molecule has 0 aliphatic carbocycles. The fourth-order valence-electron chi connectivity index (χ4n) is 2.15. The van der Waals surface area contributed by atoms with Crippen molar-refractivity contribution in [2.45, 2.75) is 25.2 Å². The van der Waals surface area contributed by atoms with E-state index in [1.54, 1.807) is 0 Å². The quantitative estimate of drug-likeness (QED) is 0.833. The number of carbonyl (C=O) groups is 1. The molecule has 4 nitrogen and oxygen atoms in total. The van der Waals surface area contributed by atoms with Crippen LogP contribution in [0.25, 0.3) is 0 Å². The van der Waals surface area contributed by atoms with Gasteiger partial charge in [0.1, 0.15) is 5.82 Å². The van der Waals surface area contributed by atoms with E-state index in [4.69, 9.17) is 4.74 Å². The minimum atomic E-state index is -4.62. The van der Waals surface area contributed by atoms with Crippen LogP contribution in [0.3, 0.4) is 0 Å². The summed E-state index contributed by atoms with van der Waals surface area (Å²) < 4.78 is 56.3. The maximum absolute atomic E-state index is 13.2. The summed E-state index contributed by atoms with van der Waals surface area (Å²) >= 11 is 0. The summed E-state index contributed by atoms with van der Waals surface area (Å²) in [4.78, 5) is 11.7. The molecule has 0 bridgehead atoms. The molecular formula is C14H16F4N2O2. The normalized spacial score (nSPS) is 19.0. The Kier molecular flexibility index (Phi) is 5.36. The number of hydrogen-bond donors (Lipinski definition) is 2. The van der Waals surface area contributed by atoms with E-state index < -0.39 is 17.6 Å². The third kappa shape index (κ3) is 4.96. The van der Waals surface area contributed by atoms with Gasteiger partial charge in [0.2, 0.25) is 5.91 Å². The smallest absolute Gasteiger partial charge is 0.375 e. The zero-order valence-electron chi connectivity index (χ0n) is 11.7. The molecule has 1 heterocycles. The average Bonchev–Trinajstić information content (AvgIpc) is 2.45. The summed E-state index contributed by atoms with van der Waals surface area (Å²) in [6.07, 6.45) is -4.77. The highest BCUT2D eigenvalue weighted by Crippen LogP contribution is 2.30. The maximum Gasteiger partial charge on any atom is 0.416 e. The highest BCUT2D eigenvalue weighted by molar-refractivity contribution is 5.76. The molecule has 8 heteroatoms. The lowest BCUT2D eigenvalue weighted by molar-refractivity contribution is -0.137. The van der Waals surface area contributed by atoms with Gasteiger partial charge in [0.25, 0.3) is 0 Å². The van der Waals surface area contributed by atoms with Gasteiger partial charge in [-0.15, -0.1) is 0 Å². The summed E-state index contributed by atoms with van der Waals surface area (Å²) in [5.41, 5.74) is -1.01. The highest BCUT2D eigenvalue weighted by atomic mass is 19.4. The van der Waals surface area contributed by atoms with Crippen molar-refractivity contribution in [1.29, 1.82) is 0 Å². The van der Waals surface area contributed by atoms with Gasteiger partial charge < -0.3 is 15.4 Å². The third-order valence-electron chi connectivity index (χ3n) is 3.19. The predicted molar refractivity (Wildman–Crippen MR) is 70.5 cm³/mol. The minimum absolute atomic E-state index is 0.0587. The van der Waals surface area contributed by atoms with Crippen molar-refractivity contribution >= 4 is 5.91 Å². The van der Waals surface area contributed by atoms with Crippen LogP contribution >= 0.6 is 0 Å². The number of halogens is 4. The molecule has 1 aliphatic rings. The summed E-state index contributed by atoms with van der Waals surface area (Å²) in [6.45, 7) is 1.61. The number of hydrogen-bond acceptors (Lipinski definition) is 3. The van der Waals surface area contributed by atoms with Crippen LogP contribution in [0.4, 0.5) is 17.6 Å². The number of alkyl halides is 3. The standard InChI is InChI=1S/C14H16F4N2O2/c15-11-4-9(3-10(5-11)14(16,17)18)7-20-13(21)6-12-8-19-1-2-22-12/h3-5,12,19H,1-2,6-8H2,(H,20,21)/t12-/m0/s1. The Hall–Kier alpha value is -1.67. The molecule has 0 radical (unpaired) electrons. The first kappa shape index (κ1) is 16.7. The van der Waals surface area contributed by atoms with E-state index in [2.05, 4.69) is 10.6 Å². The fourth-order valence-corrected chi connectivity index (χ4v) is 2.15. The molecule has 1 aliphatic heterocycles. The molecule has 1 atom stereocenters. The Morgan fingerprint density at radius 3 is 2.77 bits per heavy atom. The maximum atomic E-state index is 13.2. The average molecular weight is 320 g/mol. The molecule has 0 spiro atoms. The molecule has 1 aromatic carbocycles. The molecule has 0 saturated carbocycles. The van der Waals surface area contributed by atoms with Gasteiger partial charge in [-0.25, -0.2) is 4.39 Å². The van der Waals surface area contributed by atoms with E-state index in [1.807, 2.05) is 0 Å². The van der Waals surface area contributed by atoms with Crippen LogP contribution in [0, 0.1) is 5.82 Å². The molecule has 1 fully saturated rings. The zero-order chi connectivity index (χ0) is 16.2. The van der Waals surface area contributed by atoms with E-state index in [1.165, 1.54) is 0 Å². The second-order valence-electron chi connectivity index (χ2n) is 5.02. The van der Waals surface area contributed by atoms with Crippen molar-refractivity contribution < 1.29 is 27.1 Å². The number of nitrogens with one attached hydrogen (secondary N) is 2. The zero-order valence-corrected chi connectivity index (χ0v) is 11.7. The predicted octanol–water partition coefficient (Wildman–Crippen LogP) is 1.84. The molecule has 0 unspecified atom stereocenters. The van der Waals surface area contributed by atoms with E-state index in [0.717, 1.165) is 18.7 Å². The van der Waals surface area contributed by atoms with Gasteiger partial charge in [-0.2, -0.15) is 13.2 Å². The SMILES string of the molecule is O=C(C[C@H]1CNCCO1)NCc1cc(F)cc(C(F)(F)F)c1. The van der Waals surface area contributed by atoms with Crippen LogP contribution in [-0.2, 0) is 22.3 Å². The van der Waals surface area contributed by atoms with Crippen LogP contribution in [0.5, 0.6) is 0 Å². The van der Waals surface area contributed by atoms with Crippen LogP contribution in [-0.4, -0.2) is 31.7 Å². The van der Waals surface area contributed by atoms with E-state index in [0.29, 0.717) is 19.2 Å². The Labute approximate surface area is 124 Å². The first-order chi connectivity index (χ1) is 10.3. The Bertz CT molecular complexity index is 528. The molecule has 1 amide bonds. The molecule has 1 aromatic rings. The van der Waals surface area contributed by atoms with Crippen molar-refractivity contribution in [3.63, 3.8) is 0 Å². The number of amides is 1. The largest absolute Gasteiger partial charge is 0.416 e. The van der Waals surface area contributed by atoms with Crippen LogP contribution in [0.2, 0.25) is 0 Å². The van der Waals surface area contributed by atoms with Crippen molar-refractivity contribution in [1.82, 2.24) is 10.6 Å². The Morgan fingerprint density at radius 1 is 1.36 bits per heavy atom. The molecule has 22 heavy (non-hydrogen) atoms. The van der Waals surface area contributed by atoms with E-state index in [9.17, 15) is 22.4 Å². The molecule has 122 valence electrons. The van der Waals surface area contributed by atoms with E-state index >= 15 is 0 Å². The molecular weight excluding hydrogens is 304 g/mol. The first-order valence-electron chi connectivity index (χ1n) is 6.80. The summed E-state index contributed by atoms with van der Waals surface area (Å²) in [7, 11) is 0. The van der Waals surface area contributed by atoms with Crippen molar-refractivity contribution in [2.75, 3.05) is 19.7 Å². The first-order valence-corrected chi connectivity index (χ1v) is 6.80. The monoisotopic (exact) mass is 320 g/mol. The lowest BCUT2D eigenvalue weighted by Gasteiger charge is -2.23. The Morgan fingerprint density at radius 2 is 2.14 bits per heavy atom. The minimum Gasteiger partial charge on any atom is -0.375 e. The van der Waals surface area contributed by atoms with Crippen molar-refractivity contribution in [2.24, 2.45) is 0 Å². The summed E-state index contributed by atoms with van der Waals surface area (Å²) in [5.74, 6) is -1.34. The van der Waals surface area contributed by atoms with Gasteiger partial charge in [0.15, 0.2) is 0 Å². The number of benzene rings is 1. The molecule has 2 rings (SSSR count). The number of rotatable bonds is 4. The van der Waals surface area contributed by atoms with Crippen LogP contribution < -0.4 is 10.6 Å². The highest BCUT2D eigenvalue weighted by Gasteiger charge is 2.31. The summed E-state index contributed by atoms with van der Waals surface area (Å²) in [5, 5.41) is 5.54. The molecule has 2 N–H and O–H groups in total. The van der Waals surface area contributed by atoms with E-state index in [-0.39, 0.29) is 30.5 Å². The van der Waals surface area contributed by atoms with Gasteiger partial charge in [-0.1, -0.05) is 0 Å². The molecule has 0 aromatic heterocycles. The van der Waals surface area contributed by atoms with Crippen LogP contribution in [0.1, 0.15) is 17.5 Å².